The lowest BCUT2D eigenvalue weighted by Crippen LogP contribution is -2.21. The third-order valence-electron chi connectivity index (χ3n) is 5.66. The van der Waals surface area contributed by atoms with Crippen LogP contribution in [-0.2, 0) is 17.3 Å². The highest BCUT2D eigenvalue weighted by atomic mass is 19.3. The van der Waals surface area contributed by atoms with Crippen molar-refractivity contribution >= 4 is 0 Å². The van der Waals surface area contributed by atoms with Crippen molar-refractivity contribution in [3.63, 3.8) is 0 Å². The maximum Gasteiger partial charge on any atom is 0.273 e. The highest BCUT2D eigenvalue weighted by molar-refractivity contribution is 5.37. The van der Waals surface area contributed by atoms with E-state index in [9.17, 15) is 19.0 Å². The topological polar surface area (TPSA) is 61.7 Å². The summed E-state index contributed by atoms with van der Waals surface area (Å²) in [4.78, 5) is 0. The Morgan fingerprint density at radius 2 is 1.69 bits per heavy atom. The molecule has 178 valence electrons. The Labute approximate surface area is 190 Å². The van der Waals surface area contributed by atoms with Crippen LogP contribution in [0.15, 0.2) is 48.5 Å². The third-order valence-corrected chi connectivity index (χ3v) is 5.66. The summed E-state index contributed by atoms with van der Waals surface area (Å²) in [6.07, 6.45) is 4.35. The predicted molar refractivity (Wildman–Crippen MR) is 124 cm³/mol. The van der Waals surface area contributed by atoms with Crippen LogP contribution >= 0.6 is 0 Å². The molecule has 0 amide bonds. The second-order valence-corrected chi connectivity index (χ2v) is 8.35. The number of aromatic hydroxyl groups is 1. The van der Waals surface area contributed by atoms with Crippen molar-refractivity contribution in [2.24, 2.45) is 0 Å². The van der Waals surface area contributed by atoms with Crippen molar-refractivity contribution in [3.8, 4) is 5.75 Å². The van der Waals surface area contributed by atoms with Crippen LogP contribution in [0.4, 0.5) is 8.78 Å². The van der Waals surface area contributed by atoms with E-state index in [1.807, 2.05) is 12.1 Å². The van der Waals surface area contributed by atoms with Crippen LogP contribution in [0.25, 0.3) is 0 Å². The molecule has 0 heterocycles. The molecule has 0 saturated carbocycles. The number of alkyl halides is 2. The Bertz CT molecular complexity index is 771. The summed E-state index contributed by atoms with van der Waals surface area (Å²) in [7, 11) is 0. The van der Waals surface area contributed by atoms with E-state index in [2.05, 4.69) is 12.2 Å². The van der Waals surface area contributed by atoms with Gasteiger partial charge in [0.2, 0.25) is 0 Å². The fourth-order valence-corrected chi connectivity index (χ4v) is 3.61. The lowest BCUT2D eigenvalue weighted by Gasteiger charge is -2.16. The van der Waals surface area contributed by atoms with Crippen LogP contribution in [0.1, 0.15) is 68.1 Å². The normalized spacial score (nSPS) is 12.8. The van der Waals surface area contributed by atoms with E-state index in [0.29, 0.717) is 31.1 Å². The number of halogens is 2. The predicted octanol–water partition coefficient (Wildman–Crippen LogP) is 5.73. The number of rotatable bonds is 16. The summed E-state index contributed by atoms with van der Waals surface area (Å²) in [5.41, 5.74) is 1.72. The van der Waals surface area contributed by atoms with Crippen molar-refractivity contribution in [2.75, 3.05) is 26.3 Å². The molecule has 0 bridgehead atoms. The SMILES string of the molecule is CC(CNCCCCCCOCCCC(F)(F)c1ccccc1)c1ccc(O)c(CO)c1. The number of nitrogens with one attached hydrogen (secondary N) is 1. The number of hydrogen-bond acceptors (Lipinski definition) is 4. The first-order chi connectivity index (χ1) is 15.4. The molecule has 0 fully saturated rings. The van der Waals surface area contributed by atoms with Gasteiger partial charge in [-0.3, -0.25) is 0 Å². The molecule has 3 N–H and O–H groups in total. The molecule has 32 heavy (non-hydrogen) atoms. The van der Waals surface area contributed by atoms with E-state index in [1.54, 1.807) is 24.3 Å². The quantitative estimate of drug-likeness (QED) is 0.287. The van der Waals surface area contributed by atoms with Crippen LogP contribution in [0.2, 0.25) is 0 Å². The van der Waals surface area contributed by atoms with Gasteiger partial charge < -0.3 is 20.3 Å². The molecular weight excluding hydrogens is 412 g/mol. The molecule has 0 aliphatic heterocycles. The Balaban J connectivity index is 1.44. The zero-order valence-corrected chi connectivity index (χ0v) is 19.0. The van der Waals surface area contributed by atoms with Gasteiger partial charge in [-0.05, 0) is 49.4 Å². The maximum atomic E-state index is 14.0. The van der Waals surface area contributed by atoms with Gasteiger partial charge >= 0.3 is 0 Å². The lowest BCUT2D eigenvalue weighted by atomic mass is 9.98. The average molecular weight is 450 g/mol. The second kappa shape index (κ2) is 14.2. The van der Waals surface area contributed by atoms with Gasteiger partial charge in [0.15, 0.2) is 0 Å². The molecule has 4 nitrogen and oxygen atoms in total. The van der Waals surface area contributed by atoms with Crippen molar-refractivity contribution in [1.82, 2.24) is 5.32 Å². The lowest BCUT2D eigenvalue weighted by molar-refractivity contribution is -0.0226. The summed E-state index contributed by atoms with van der Waals surface area (Å²) < 4.78 is 33.6. The molecule has 2 aromatic rings. The fraction of sp³-hybridized carbons (Fsp3) is 0.538. The van der Waals surface area contributed by atoms with Crippen molar-refractivity contribution in [1.29, 1.82) is 0 Å². The van der Waals surface area contributed by atoms with E-state index in [0.717, 1.165) is 44.3 Å². The Kier molecular flexibility index (Phi) is 11.6. The number of benzene rings is 2. The first kappa shape index (κ1) is 26.2. The molecule has 0 saturated heterocycles. The second-order valence-electron chi connectivity index (χ2n) is 8.35. The van der Waals surface area contributed by atoms with Gasteiger partial charge in [-0.15, -0.1) is 0 Å². The zero-order valence-electron chi connectivity index (χ0n) is 19.0. The van der Waals surface area contributed by atoms with E-state index in [-0.39, 0.29) is 24.3 Å². The molecule has 2 aromatic carbocycles. The largest absolute Gasteiger partial charge is 0.508 e. The van der Waals surface area contributed by atoms with E-state index in [1.165, 1.54) is 12.1 Å². The molecule has 0 spiro atoms. The zero-order chi connectivity index (χ0) is 23.2. The van der Waals surface area contributed by atoms with Crippen molar-refractivity contribution in [3.05, 3.63) is 65.2 Å². The summed E-state index contributed by atoms with van der Waals surface area (Å²) in [6, 6.07) is 13.3. The fourth-order valence-electron chi connectivity index (χ4n) is 3.61. The van der Waals surface area contributed by atoms with Gasteiger partial charge in [0.05, 0.1) is 6.61 Å². The first-order valence-corrected chi connectivity index (χ1v) is 11.6. The van der Waals surface area contributed by atoms with Crippen LogP contribution in [0.5, 0.6) is 5.75 Å². The highest BCUT2D eigenvalue weighted by Crippen LogP contribution is 2.32. The number of unbranched alkanes of at least 4 members (excludes halogenated alkanes) is 3. The van der Waals surface area contributed by atoms with Crippen molar-refractivity contribution < 1.29 is 23.7 Å². The van der Waals surface area contributed by atoms with Gasteiger partial charge in [-0.25, -0.2) is 8.78 Å². The number of aliphatic hydroxyl groups is 1. The molecule has 1 unspecified atom stereocenters. The molecule has 0 radical (unpaired) electrons. The first-order valence-electron chi connectivity index (χ1n) is 11.6. The minimum absolute atomic E-state index is 0.0704. The van der Waals surface area contributed by atoms with E-state index >= 15 is 0 Å². The summed E-state index contributed by atoms with van der Waals surface area (Å²) in [5, 5.41) is 22.4. The Hall–Kier alpha value is -2.02. The number of ether oxygens (including phenoxy) is 1. The summed E-state index contributed by atoms with van der Waals surface area (Å²) in [6.45, 7) is 4.72. The van der Waals surface area contributed by atoms with Crippen LogP contribution in [0.3, 0.4) is 0 Å². The van der Waals surface area contributed by atoms with Crippen LogP contribution in [0, 0.1) is 0 Å². The molecule has 0 aliphatic rings. The number of phenols is 1. The Morgan fingerprint density at radius 3 is 2.44 bits per heavy atom. The standard InChI is InChI=1S/C26H37F2NO3/c1-21(22-12-13-25(31)23(18-22)20-30)19-29-15-7-2-3-8-16-32-17-9-14-26(27,28)24-10-5-4-6-11-24/h4-6,10-13,18,21,29-31H,2-3,7-9,14-17,19-20H2,1H3. The van der Waals surface area contributed by atoms with Crippen molar-refractivity contribution in [2.45, 2.75) is 63.9 Å². The number of hydrogen-bond donors (Lipinski definition) is 3. The minimum Gasteiger partial charge on any atom is -0.508 e. The van der Waals surface area contributed by atoms with Gasteiger partial charge in [0, 0.05) is 37.3 Å². The summed E-state index contributed by atoms with van der Waals surface area (Å²) >= 11 is 0. The van der Waals surface area contributed by atoms with Crippen LogP contribution in [-0.4, -0.2) is 36.5 Å². The smallest absolute Gasteiger partial charge is 0.273 e. The van der Waals surface area contributed by atoms with E-state index < -0.39 is 5.92 Å². The summed E-state index contributed by atoms with van der Waals surface area (Å²) in [5.74, 6) is -2.37. The van der Waals surface area contributed by atoms with Gasteiger partial charge in [-0.2, -0.15) is 0 Å². The van der Waals surface area contributed by atoms with Gasteiger partial charge in [-0.1, -0.05) is 56.2 Å². The average Bonchev–Trinajstić information content (AvgIpc) is 2.80. The molecule has 0 aliphatic carbocycles. The molecule has 2 rings (SSSR count). The van der Waals surface area contributed by atoms with Crippen LogP contribution < -0.4 is 5.32 Å². The maximum absolute atomic E-state index is 14.0. The molecular formula is C26H37F2NO3. The third kappa shape index (κ3) is 9.23. The molecule has 1 atom stereocenters. The number of aliphatic hydroxyl groups excluding tert-OH is 1. The molecule has 6 heteroatoms. The van der Waals surface area contributed by atoms with Gasteiger partial charge in [0.1, 0.15) is 5.75 Å². The van der Waals surface area contributed by atoms with Gasteiger partial charge in [0.25, 0.3) is 5.92 Å². The minimum atomic E-state index is -2.79. The monoisotopic (exact) mass is 449 g/mol. The Morgan fingerprint density at radius 1 is 0.969 bits per heavy atom. The highest BCUT2D eigenvalue weighted by Gasteiger charge is 2.30. The molecule has 0 aromatic heterocycles. The van der Waals surface area contributed by atoms with E-state index in [4.69, 9.17) is 4.74 Å².